The number of hydrogen-bond acceptors (Lipinski definition) is 18. The first kappa shape index (κ1) is 52.1. The molecule has 6 aromatic rings. The first-order valence-corrected chi connectivity index (χ1v) is 23.1. The van der Waals surface area contributed by atoms with Gasteiger partial charge in [0.15, 0.2) is 55.2 Å². The molecule has 2 aliphatic heterocycles. The number of carbonyl (C=O) groups excluding carboxylic acids is 7. The number of azide groups is 1. The van der Waals surface area contributed by atoms with Crippen LogP contribution in [0.25, 0.3) is 10.4 Å². The average molecular weight is 1020 g/mol. The highest BCUT2D eigenvalue weighted by Gasteiger charge is 2.58. The van der Waals surface area contributed by atoms with Crippen LogP contribution in [-0.2, 0) is 52.2 Å². The predicted octanol–water partition coefficient (Wildman–Crippen LogP) is 7.29. The molecular weight excluding hydrogens is 975 g/mol. The minimum atomic E-state index is -2.01. The maximum absolute atomic E-state index is 14.1. The van der Waals surface area contributed by atoms with Gasteiger partial charge in [-0.1, -0.05) is 114 Å². The lowest BCUT2D eigenvalue weighted by Crippen LogP contribution is -2.65. The van der Waals surface area contributed by atoms with Crippen molar-refractivity contribution < 1.29 is 80.9 Å². The van der Waals surface area contributed by atoms with E-state index < -0.39 is 110 Å². The lowest BCUT2D eigenvalue weighted by molar-refractivity contribution is -0.305. The Morgan fingerprint density at radius 2 is 0.733 bits per heavy atom. The maximum atomic E-state index is 14.1. The molecule has 2 saturated heterocycles. The Morgan fingerprint density at radius 3 is 1.08 bits per heavy atom. The molecule has 20 heteroatoms. The summed E-state index contributed by atoms with van der Waals surface area (Å²) in [6.07, 6.45) is -18.8. The molecule has 0 aliphatic carbocycles. The monoisotopic (exact) mass is 1020 g/mol. The summed E-state index contributed by atoms with van der Waals surface area (Å²) in [4.78, 5) is 101. The lowest BCUT2D eigenvalue weighted by Gasteiger charge is -2.45. The van der Waals surface area contributed by atoms with Crippen molar-refractivity contribution in [1.29, 1.82) is 0 Å². The van der Waals surface area contributed by atoms with Gasteiger partial charge in [0.1, 0.15) is 6.10 Å². The highest BCUT2D eigenvalue weighted by Crippen LogP contribution is 2.35. The van der Waals surface area contributed by atoms with E-state index in [1.54, 1.807) is 109 Å². The molecule has 0 aromatic heterocycles. The Hall–Kier alpha value is -9.20. The molecule has 0 spiro atoms. The molecule has 6 aromatic carbocycles. The Morgan fingerprint density at radius 1 is 0.427 bits per heavy atom. The highest BCUT2D eigenvalue weighted by molar-refractivity contribution is 5.93. The van der Waals surface area contributed by atoms with E-state index >= 15 is 0 Å². The zero-order valence-electron chi connectivity index (χ0n) is 39.6. The normalized spacial score (nSPS) is 22.8. The third-order valence-electron chi connectivity index (χ3n) is 11.6. The van der Waals surface area contributed by atoms with Gasteiger partial charge >= 0.3 is 41.8 Å². The van der Waals surface area contributed by atoms with Crippen molar-refractivity contribution in [1.82, 2.24) is 0 Å². The lowest BCUT2D eigenvalue weighted by atomic mass is 9.96. The van der Waals surface area contributed by atoms with Gasteiger partial charge in [-0.3, -0.25) is 0 Å². The number of carbonyl (C=O) groups is 7. The second kappa shape index (κ2) is 25.0. The first-order valence-electron chi connectivity index (χ1n) is 23.1. The Bertz CT molecular complexity index is 2990. The number of nitrogens with zero attached hydrogens (tertiary/aromatic N) is 3. The van der Waals surface area contributed by atoms with E-state index in [0.717, 1.165) is 7.11 Å². The van der Waals surface area contributed by atoms with Crippen LogP contribution in [0.1, 0.15) is 62.1 Å². The molecule has 382 valence electrons. The van der Waals surface area contributed by atoms with Gasteiger partial charge in [0, 0.05) is 4.91 Å². The number of ether oxygens (including phenoxy) is 10. The van der Waals surface area contributed by atoms with E-state index in [9.17, 15) is 39.1 Å². The molecular formula is C55H45N3O17. The van der Waals surface area contributed by atoms with Gasteiger partial charge in [0.05, 0.1) is 47.1 Å². The molecule has 2 fully saturated rings. The van der Waals surface area contributed by atoms with Crippen LogP contribution in [0.3, 0.4) is 0 Å². The van der Waals surface area contributed by atoms with Crippen LogP contribution in [0.4, 0.5) is 0 Å². The summed E-state index contributed by atoms with van der Waals surface area (Å²) in [5.41, 5.74) is 9.98. The van der Waals surface area contributed by atoms with Gasteiger partial charge in [0.25, 0.3) is 0 Å². The number of benzene rings is 6. The Kier molecular flexibility index (Phi) is 17.3. The van der Waals surface area contributed by atoms with Crippen molar-refractivity contribution in [2.75, 3.05) is 13.7 Å². The van der Waals surface area contributed by atoms with Crippen molar-refractivity contribution >= 4 is 41.8 Å². The van der Waals surface area contributed by atoms with E-state index in [0.29, 0.717) is 0 Å². The smallest absolute Gasteiger partial charge is 0.339 e. The predicted molar refractivity (Wildman–Crippen MR) is 258 cm³/mol. The zero-order chi connectivity index (χ0) is 52.7. The molecule has 75 heavy (non-hydrogen) atoms. The van der Waals surface area contributed by atoms with Gasteiger partial charge in [-0.05, 0) is 78.3 Å². The average Bonchev–Trinajstić information content (AvgIpc) is 3.46. The molecule has 0 radical (unpaired) electrons. The molecule has 10 atom stereocenters. The third kappa shape index (κ3) is 12.9. The van der Waals surface area contributed by atoms with E-state index in [4.69, 9.17) is 47.4 Å². The largest absolute Gasteiger partial charge is 0.467 e. The molecule has 2 heterocycles. The minimum absolute atomic E-state index is 0.00118. The van der Waals surface area contributed by atoms with Crippen LogP contribution in [-0.4, -0.2) is 117 Å². The molecule has 0 N–H and O–H groups in total. The van der Waals surface area contributed by atoms with E-state index in [1.807, 2.05) is 0 Å². The van der Waals surface area contributed by atoms with Crippen LogP contribution in [0.5, 0.6) is 0 Å². The SMILES string of the molecule is COC(=O)[C@H]1O[C@H](OC[C@H]2O[C@@H](N=[N+]=[N-])[C@H](OC(=O)c3ccccc3)[C@@H](OC(=O)c3ccccc3)[C@@H]2OC(=O)c2ccccc2)[C@H](OC(=O)c2ccccc2)[C@@H](OC(=O)c2ccccc2)[C@@H]1OC(=O)c1ccccc1. The number of esters is 7. The van der Waals surface area contributed by atoms with Crippen molar-refractivity contribution in [2.45, 2.75) is 61.3 Å². The Balaban J connectivity index is 1.22. The second-order valence-corrected chi connectivity index (χ2v) is 16.5. The van der Waals surface area contributed by atoms with E-state index in [1.165, 1.54) is 72.8 Å². The highest BCUT2D eigenvalue weighted by atomic mass is 16.7. The molecule has 0 saturated carbocycles. The number of rotatable bonds is 17. The topological polar surface area (TPSA) is 261 Å². The van der Waals surface area contributed by atoms with Crippen molar-refractivity contribution in [2.24, 2.45) is 5.11 Å². The molecule has 8 rings (SSSR count). The fourth-order valence-electron chi connectivity index (χ4n) is 8.00. The first-order chi connectivity index (χ1) is 36.5. The fourth-order valence-corrected chi connectivity index (χ4v) is 8.00. The van der Waals surface area contributed by atoms with Gasteiger partial charge in [0.2, 0.25) is 0 Å². The zero-order valence-corrected chi connectivity index (χ0v) is 39.6. The van der Waals surface area contributed by atoms with Crippen LogP contribution in [0.2, 0.25) is 0 Å². The molecule has 0 bridgehead atoms. The molecule has 0 unspecified atom stereocenters. The van der Waals surface area contributed by atoms with Crippen LogP contribution in [0.15, 0.2) is 187 Å². The molecule has 2 aliphatic rings. The van der Waals surface area contributed by atoms with Crippen LogP contribution < -0.4 is 0 Å². The summed E-state index contributed by atoms with van der Waals surface area (Å²) in [6, 6.07) is 45.7. The summed E-state index contributed by atoms with van der Waals surface area (Å²) in [7, 11) is 1.01. The van der Waals surface area contributed by atoms with E-state index in [-0.39, 0.29) is 33.4 Å². The van der Waals surface area contributed by atoms with Gasteiger partial charge in [-0.15, -0.1) is 0 Å². The molecule has 20 nitrogen and oxygen atoms in total. The Labute approximate surface area is 427 Å². The van der Waals surface area contributed by atoms with Crippen molar-refractivity contribution in [3.63, 3.8) is 0 Å². The summed E-state index contributed by atoms with van der Waals surface area (Å²) >= 11 is 0. The number of methoxy groups -OCH3 is 1. The van der Waals surface area contributed by atoms with Gasteiger partial charge < -0.3 is 47.4 Å². The minimum Gasteiger partial charge on any atom is -0.467 e. The van der Waals surface area contributed by atoms with Crippen LogP contribution >= 0.6 is 0 Å². The number of hydrogen-bond donors (Lipinski definition) is 0. The summed E-state index contributed by atoms with van der Waals surface area (Å²) in [5, 5.41) is 3.76. The van der Waals surface area contributed by atoms with Gasteiger partial charge in [-0.25, -0.2) is 33.6 Å². The maximum Gasteiger partial charge on any atom is 0.339 e. The molecule has 0 amide bonds. The summed E-state index contributed by atoms with van der Waals surface area (Å²) < 4.78 is 60.1. The summed E-state index contributed by atoms with van der Waals surface area (Å²) in [5.74, 6) is -7.17. The van der Waals surface area contributed by atoms with E-state index in [2.05, 4.69) is 10.0 Å². The fraction of sp³-hybridized carbons (Fsp3) is 0.218. The van der Waals surface area contributed by atoms with Crippen LogP contribution in [0, 0.1) is 0 Å². The van der Waals surface area contributed by atoms with Gasteiger partial charge in [-0.2, -0.15) is 0 Å². The van der Waals surface area contributed by atoms with Crippen molar-refractivity contribution in [3.05, 3.63) is 226 Å². The quantitative estimate of drug-likeness (QED) is 0.0285. The second-order valence-electron chi connectivity index (χ2n) is 16.5. The summed E-state index contributed by atoms with van der Waals surface area (Å²) in [6.45, 7) is -0.852. The van der Waals surface area contributed by atoms with Crippen molar-refractivity contribution in [3.8, 4) is 0 Å². The standard InChI is InChI=1S/C55H45N3O17/c1-66-54(65)45-42(71-50(61)35-24-12-4-13-25-35)43(72-51(62)36-26-14-5-15-27-36)46(74-53(64)38-30-18-7-19-31-38)55(75-45)67-32-39-40(69-48(59)33-20-8-2-9-21-33)41(70-49(60)34-22-10-3-11-23-34)44(47(68-39)57-58-56)73-52(63)37-28-16-6-17-29-37/h2-31,39-47,55H,32H2,1H3/t39-,40-,41+,42+,43+,44-,45+,46-,47-,55+/m1/s1. The third-order valence-corrected chi connectivity index (χ3v) is 11.6.